The lowest BCUT2D eigenvalue weighted by Crippen LogP contribution is -2.22. The minimum Gasteiger partial charge on any atom is -0.496 e. The third-order valence-electron chi connectivity index (χ3n) is 2.97. The Morgan fingerprint density at radius 3 is 2.78 bits per heavy atom. The Balaban J connectivity index is 2.12. The van der Waals surface area contributed by atoms with Gasteiger partial charge in [0.05, 0.1) is 13.2 Å². The Labute approximate surface area is 113 Å². The second-order valence-electron chi connectivity index (χ2n) is 4.76. The fourth-order valence-electron chi connectivity index (χ4n) is 2.14. The highest BCUT2D eigenvalue weighted by atomic mass is 32.2. The molecule has 3 nitrogen and oxygen atoms in total. The van der Waals surface area contributed by atoms with Gasteiger partial charge in [0.1, 0.15) is 5.75 Å². The Bertz CT molecular complexity index is 459. The van der Waals surface area contributed by atoms with Crippen molar-refractivity contribution in [3.63, 3.8) is 0 Å². The summed E-state index contributed by atoms with van der Waals surface area (Å²) in [5.74, 6) is 0.917. The Morgan fingerprint density at radius 2 is 2.17 bits per heavy atom. The van der Waals surface area contributed by atoms with Crippen molar-refractivity contribution in [3.8, 4) is 5.75 Å². The van der Waals surface area contributed by atoms with Gasteiger partial charge in [0, 0.05) is 10.9 Å². The molecule has 0 spiro atoms. The third-order valence-corrected chi connectivity index (χ3v) is 4.00. The monoisotopic (exact) mass is 264 g/mol. The summed E-state index contributed by atoms with van der Waals surface area (Å²) in [6, 6.07) is 6.51. The number of ether oxygens (including phenoxy) is 1. The van der Waals surface area contributed by atoms with E-state index in [4.69, 9.17) is 4.74 Å². The van der Waals surface area contributed by atoms with E-state index in [1.54, 1.807) is 7.11 Å². The van der Waals surface area contributed by atoms with Gasteiger partial charge in [-0.15, -0.1) is 0 Å². The summed E-state index contributed by atoms with van der Waals surface area (Å²) in [5, 5.41) is 5.03. The van der Waals surface area contributed by atoms with E-state index in [9.17, 15) is 0 Å². The van der Waals surface area contributed by atoms with Crippen molar-refractivity contribution in [3.05, 3.63) is 23.8 Å². The standard InChI is InChI=1S/C14H20N2OS/c1-9-7-12(5-6-13(9)17-4)16-14-15-10(2)8-11(3)18-14/h5-7,10-11H,8H2,1-4H3,(H,15,16). The molecule has 0 radical (unpaired) electrons. The lowest BCUT2D eigenvalue weighted by Gasteiger charge is -2.23. The van der Waals surface area contributed by atoms with Crippen LogP contribution in [0.4, 0.5) is 5.69 Å². The van der Waals surface area contributed by atoms with Crippen LogP contribution in [-0.2, 0) is 0 Å². The molecule has 0 aromatic heterocycles. The van der Waals surface area contributed by atoms with Crippen molar-refractivity contribution in [1.82, 2.24) is 0 Å². The summed E-state index contributed by atoms with van der Waals surface area (Å²) in [5.41, 5.74) is 2.20. The molecule has 0 amide bonds. The van der Waals surface area contributed by atoms with Gasteiger partial charge >= 0.3 is 0 Å². The lowest BCUT2D eigenvalue weighted by molar-refractivity contribution is 0.412. The van der Waals surface area contributed by atoms with E-state index in [1.807, 2.05) is 30.8 Å². The van der Waals surface area contributed by atoms with Gasteiger partial charge in [-0.3, -0.25) is 4.99 Å². The van der Waals surface area contributed by atoms with Gasteiger partial charge in [0.25, 0.3) is 0 Å². The summed E-state index contributed by atoms with van der Waals surface area (Å²) in [6.07, 6.45) is 1.15. The predicted octanol–water partition coefficient (Wildman–Crippen LogP) is 3.69. The lowest BCUT2D eigenvalue weighted by atomic mass is 10.2. The number of aliphatic imine (C=N–C) groups is 1. The van der Waals surface area contributed by atoms with E-state index in [1.165, 1.54) is 0 Å². The van der Waals surface area contributed by atoms with Gasteiger partial charge in [-0.2, -0.15) is 0 Å². The van der Waals surface area contributed by atoms with Crippen LogP contribution in [0.2, 0.25) is 0 Å². The highest BCUT2D eigenvalue weighted by Crippen LogP contribution is 2.27. The molecule has 0 saturated heterocycles. The fourth-order valence-corrected chi connectivity index (χ4v) is 3.32. The normalized spacial score (nSPS) is 23.4. The molecule has 2 atom stereocenters. The van der Waals surface area contributed by atoms with Crippen LogP contribution in [0.5, 0.6) is 5.75 Å². The maximum atomic E-state index is 5.26. The largest absolute Gasteiger partial charge is 0.496 e. The molecule has 1 aromatic carbocycles. The summed E-state index contributed by atoms with van der Waals surface area (Å²) < 4.78 is 5.26. The number of hydrogen-bond acceptors (Lipinski definition) is 4. The number of aryl methyl sites for hydroxylation is 1. The number of thioether (sulfide) groups is 1. The Morgan fingerprint density at radius 1 is 1.39 bits per heavy atom. The van der Waals surface area contributed by atoms with Crippen molar-refractivity contribution in [2.75, 3.05) is 12.4 Å². The summed E-state index contributed by atoms with van der Waals surface area (Å²) in [4.78, 5) is 4.64. The molecule has 0 bridgehead atoms. The van der Waals surface area contributed by atoms with Crippen LogP contribution >= 0.6 is 11.8 Å². The van der Waals surface area contributed by atoms with E-state index in [-0.39, 0.29) is 0 Å². The predicted molar refractivity (Wildman–Crippen MR) is 79.9 cm³/mol. The third kappa shape index (κ3) is 3.19. The molecule has 4 heteroatoms. The quantitative estimate of drug-likeness (QED) is 0.884. The molecule has 1 aliphatic heterocycles. The number of anilines is 1. The number of nitrogens with one attached hydrogen (secondary N) is 1. The SMILES string of the molecule is COc1ccc(NC2=NC(C)CC(C)S2)cc1C. The maximum Gasteiger partial charge on any atom is 0.161 e. The number of rotatable bonds is 2. The van der Waals surface area contributed by atoms with Crippen molar-refractivity contribution in [2.24, 2.45) is 4.99 Å². The summed E-state index contributed by atoms with van der Waals surface area (Å²) in [7, 11) is 1.69. The highest BCUT2D eigenvalue weighted by Gasteiger charge is 2.18. The molecular weight excluding hydrogens is 244 g/mol. The van der Waals surface area contributed by atoms with Crippen molar-refractivity contribution >= 4 is 22.6 Å². The second kappa shape index (κ2) is 5.65. The van der Waals surface area contributed by atoms with Crippen LogP contribution in [0, 0.1) is 6.92 Å². The van der Waals surface area contributed by atoms with Gasteiger partial charge in [-0.1, -0.05) is 18.7 Å². The van der Waals surface area contributed by atoms with Gasteiger partial charge in [0.15, 0.2) is 5.17 Å². The van der Waals surface area contributed by atoms with Gasteiger partial charge in [0.2, 0.25) is 0 Å². The van der Waals surface area contributed by atoms with Crippen molar-refractivity contribution < 1.29 is 4.74 Å². The zero-order valence-electron chi connectivity index (χ0n) is 11.4. The maximum absolute atomic E-state index is 5.26. The van der Waals surface area contributed by atoms with E-state index in [2.05, 4.69) is 30.2 Å². The first-order chi connectivity index (χ1) is 8.58. The molecule has 0 saturated carbocycles. The average molecular weight is 264 g/mol. The topological polar surface area (TPSA) is 33.6 Å². The van der Waals surface area contributed by atoms with Crippen LogP contribution in [0.3, 0.4) is 0 Å². The first-order valence-electron chi connectivity index (χ1n) is 6.24. The number of methoxy groups -OCH3 is 1. The molecule has 1 aromatic rings. The Kier molecular flexibility index (Phi) is 4.17. The number of hydrogen-bond donors (Lipinski definition) is 1. The van der Waals surface area contributed by atoms with Crippen molar-refractivity contribution in [2.45, 2.75) is 38.5 Å². The number of nitrogens with zero attached hydrogens (tertiary/aromatic N) is 1. The van der Waals surface area contributed by atoms with Crippen LogP contribution < -0.4 is 10.1 Å². The minimum absolute atomic E-state index is 0.406. The average Bonchev–Trinajstić information content (AvgIpc) is 2.27. The first-order valence-corrected chi connectivity index (χ1v) is 7.12. The van der Waals surface area contributed by atoms with Gasteiger partial charge < -0.3 is 10.1 Å². The molecule has 1 aliphatic rings. The molecule has 1 N–H and O–H groups in total. The molecule has 0 aliphatic carbocycles. The molecule has 98 valence electrons. The molecule has 0 fully saturated rings. The zero-order chi connectivity index (χ0) is 13.1. The molecular formula is C14H20N2OS. The zero-order valence-corrected chi connectivity index (χ0v) is 12.2. The van der Waals surface area contributed by atoms with Crippen LogP contribution in [0.25, 0.3) is 0 Å². The first kappa shape index (κ1) is 13.3. The van der Waals surface area contributed by atoms with E-state index in [0.717, 1.165) is 28.6 Å². The van der Waals surface area contributed by atoms with E-state index >= 15 is 0 Å². The van der Waals surface area contributed by atoms with E-state index in [0.29, 0.717) is 11.3 Å². The molecule has 2 rings (SSSR count). The van der Waals surface area contributed by atoms with Crippen LogP contribution in [0.1, 0.15) is 25.8 Å². The van der Waals surface area contributed by atoms with E-state index < -0.39 is 0 Å². The molecule has 1 heterocycles. The summed E-state index contributed by atoms with van der Waals surface area (Å²) >= 11 is 1.81. The highest BCUT2D eigenvalue weighted by molar-refractivity contribution is 8.14. The van der Waals surface area contributed by atoms with Crippen LogP contribution in [-0.4, -0.2) is 23.6 Å². The Hall–Kier alpha value is -1.16. The fraction of sp³-hybridized carbons (Fsp3) is 0.500. The number of amidine groups is 1. The molecule has 18 heavy (non-hydrogen) atoms. The van der Waals surface area contributed by atoms with Gasteiger partial charge in [-0.25, -0.2) is 0 Å². The molecule has 2 unspecified atom stereocenters. The van der Waals surface area contributed by atoms with Crippen LogP contribution in [0.15, 0.2) is 23.2 Å². The second-order valence-corrected chi connectivity index (χ2v) is 6.18. The minimum atomic E-state index is 0.406. The number of benzene rings is 1. The summed E-state index contributed by atoms with van der Waals surface area (Å²) in [6.45, 7) is 6.46. The van der Waals surface area contributed by atoms with Crippen molar-refractivity contribution in [1.29, 1.82) is 0 Å². The smallest absolute Gasteiger partial charge is 0.161 e. The van der Waals surface area contributed by atoms with Gasteiger partial charge in [-0.05, 0) is 44.0 Å².